The van der Waals surface area contributed by atoms with E-state index < -0.39 is 5.97 Å². The first-order valence-electron chi connectivity index (χ1n) is 7.98. The summed E-state index contributed by atoms with van der Waals surface area (Å²) in [5.74, 6) is -0.0111. The molecule has 0 saturated carbocycles. The van der Waals surface area contributed by atoms with Gasteiger partial charge in [0.15, 0.2) is 0 Å². The molecule has 0 fully saturated rings. The standard InChI is InChI=1S/C20H20N2O3/c1-20(2,3)15-10-14(8-9-17(15)23)16-11-21-18(22-16)12-4-6-13(7-5-12)19(24)25/h4-11,23H,1-3H3,(H,21,22)(H,24,25). The van der Waals surface area contributed by atoms with Crippen LogP contribution in [0.5, 0.6) is 5.75 Å². The molecule has 0 saturated heterocycles. The molecule has 128 valence electrons. The van der Waals surface area contributed by atoms with E-state index in [9.17, 15) is 9.90 Å². The van der Waals surface area contributed by atoms with Crippen LogP contribution in [-0.2, 0) is 5.41 Å². The van der Waals surface area contributed by atoms with Crippen molar-refractivity contribution in [2.45, 2.75) is 26.2 Å². The van der Waals surface area contributed by atoms with Crippen LogP contribution in [0.4, 0.5) is 0 Å². The van der Waals surface area contributed by atoms with Crippen LogP contribution in [0.15, 0.2) is 48.7 Å². The van der Waals surface area contributed by atoms with Gasteiger partial charge < -0.3 is 15.2 Å². The van der Waals surface area contributed by atoms with E-state index in [4.69, 9.17) is 5.11 Å². The lowest BCUT2D eigenvalue weighted by Crippen LogP contribution is -2.11. The van der Waals surface area contributed by atoms with Gasteiger partial charge in [0.05, 0.1) is 17.5 Å². The molecule has 0 atom stereocenters. The summed E-state index contributed by atoms with van der Waals surface area (Å²) in [6, 6.07) is 12.1. The summed E-state index contributed by atoms with van der Waals surface area (Å²) in [5.41, 5.74) is 3.52. The van der Waals surface area contributed by atoms with Crippen LogP contribution < -0.4 is 0 Å². The van der Waals surface area contributed by atoms with Crippen molar-refractivity contribution in [1.82, 2.24) is 9.97 Å². The maximum absolute atomic E-state index is 10.9. The van der Waals surface area contributed by atoms with Gasteiger partial charge in [0.25, 0.3) is 0 Å². The summed E-state index contributed by atoms with van der Waals surface area (Å²) in [6.45, 7) is 6.15. The van der Waals surface area contributed by atoms with E-state index in [2.05, 4.69) is 9.97 Å². The van der Waals surface area contributed by atoms with Gasteiger partial charge in [0.2, 0.25) is 0 Å². The van der Waals surface area contributed by atoms with Gasteiger partial charge in [-0.3, -0.25) is 0 Å². The number of H-pyrrole nitrogens is 1. The summed E-state index contributed by atoms with van der Waals surface area (Å²) in [7, 11) is 0. The SMILES string of the molecule is CC(C)(C)c1cc(-c2cnc(-c3ccc(C(=O)O)cc3)[nH]2)ccc1O. The molecule has 3 N–H and O–H groups in total. The third-order valence-electron chi connectivity index (χ3n) is 4.10. The third-order valence-corrected chi connectivity index (χ3v) is 4.10. The number of aromatic amines is 1. The molecule has 1 aromatic heterocycles. The second kappa shape index (κ2) is 6.09. The van der Waals surface area contributed by atoms with Gasteiger partial charge in [-0.15, -0.1) is 0 Å². The summed E-state index contributed by atoms with van der Waals surface area (Å²) >= 11 is 0. The first kappa shape index (κ1) is 16.8. The Hall–Kier alpha value is -3.08. The van der Waals surface area contributed by atoms with E-state index in [0.29, 0.717) is 5.82 Å². The molecule has 0 unspecified atom stereocenters. The average Bonchev–Trinajstić information content (AvgIpc) is 3.04. The average molecular weight is 336 g/mol. The molecule has 3 rings (SSSR count). The highest BCUT2D eigenvalue weighted by atomic mass is 16.4. The number of phenols is 1. The Balaban J connectivity index is 1.95. The molecule has 0 aliphatic rings. The number of benzene rings is 2. The van der Waals surface area contributed by atoms with Crippen molar-refractivity contribution >= 4 is 5.97 Å². The molecule has 25 heavy (non-hydrogen) atoms. The highest BCUT2D eigenvalue weighted by Crippen LogP contribution is 2.34. The zero-order valence-corrected chi connectivity index (χ0v) is 14.4. The predicted octanol–water partition coefficient (Wildman–Crippen LogP) is 4.45. The molecule has 0 aliphatic carbocycles. The lowest BCUT2D eigenvalue weighted by Gasteiger charge is -2.21. The van der Waals surface area contributed by atoms with E-state index >= 15 is 0 Å². The highest BCUT2D eigenvalue weighted by Gasteiger charge is 2.19. The molecule has 0 aliphatic heterocycles. The van der Waals surface area contributed by atoms with Crippen molar-refractivity contribution in [1.29, 1.82) is 0 Å². The maximum Gasteiger partial charge on any atom is 0.335 e. The number of aromatic carboxylic acids is 1. The molecule has 5 nitrogen and oxygen atoms in total. The van der Waals surface area contributed by atoms with E-state index in [1.165, 1.54) is 0 Å². The van der Waals surface area contributed by atoms with Gasteiger partial charge in [-0.1, -0.05) is 32.9 Å². The molecule has 1 heterocycles. The van der Waals surface area contributed by atoms with Crippen LogP contribution in [0, 0.1) is 0 Å². The largest absolute Gasteiger partial charge is 0.508 e. The van der Waals surface area contributed by atoms with Gasteiger partial charge in [0, 0.05) is 11.1 Å². The Kier molecular flexibility index (Phi) is 4.08. The molecular weight excluding hydrogens is 316 g/mol. The lowest BCUT2D eigenvalue weighted by atomic mass is 9.85. The van der Waals surface area contributed by atoms with Crippen LogP contribution in [0.2, 0.25) is 0 Å². The Morgan fingerprint density at radius 2 is 1.68 bits per heavy atom. The molecule has 2 aromatic carbocycles. The van der Waals surface area contributed by atoms with Crippen molar-refractivity contribution in [2.24, 2.45) is 0 Å². The first-order valence-corrected chi connectivity index (χ1v) is 7.98. The van der Waals surface area contributed by atoms with Crippen LogP contribution in [0.25, 0.3) is 22.6 Å². The number of hydrogen-bond acceptors (Lipinski definition) is 3. The fourth-order valence-electron chi connectivity index (χ4n) is 2.69. The van der Waals surface area contributed by atoms with Crippen molar-refractivity contribution in [3.63, 3.8) is 0 Å². The number of nitrogens with zero attached hydrogens (tertiary/aromatic N) is 1. The number of aromatic hydroxyl groups is 1. The predicted molar refractivity (Wildman–Crippen MR) is 96.8 cm³/mol. The van der Waals surface area contributed by atoms with Crippen LogP contribution in [0.1, 0.15) is 36.7 Å². The maximum atomic E-state index is 10.9. The lowest BCUT2D eigenvalue weighted by molar-refractivity contribution is 0.0697. The summed E-state index contributed by atoms with van der Waals surface area (Å²) in [6.07, 6.45) is 1.74. The smallest absolute Gasteiger partial charge is 0.335 e. The minimum atomic E-state index is -0.953. The Labute approximate surface area is 146 Å². The normalized spacial score (nSPS) is 11.5. The van der Waals surface area contributed by atoms with Gasteiger partial charge in [-0.25, -0.2) is 9.78 Å². The minimum Gasteiger partial charge on any atom is -0.508 e. The van der Waals surface area contributed by atoms with E-state index in [1.807, 2.05) is 32.9 Å². The van der Waals surface area contributed by atoms with Gasteiger partial charge >= 0.3 is 5.97 Å². The Bertz CT molecular complexity index is 919. The second-order valence-corrected chi connectivity index (χ2v) is 7.01. The molecule has 0 radical (unpaired) electrons. The number of carboxylic acid groups (broad SMARTS) is 1. The zero-order valence-electron chi connectivity index (χ0n) is 14.4. The topological polar surface area (TPSA) is 86.2 Å². The minimum absolute atomic E-state index is 0.171. The van der Waals surface area contributed by atoms with Crippen molar-refractivity contribution in [3.05, 3.63) is 59.8 Å². The zero-order chi connectivity index (χ0) is 18.2. The van der Waals surface area contributed by atoms with Gasteiger partial charge in [-0.05, 0) is 41.3 Å². The number of rotatable bonds is 3. The van der Waals surface area contributed by atoms with Gasteiger partial charge in [-0.2, -0.15) is 0 Å². The second-order valence-electron chi connectivity index (χ2n) is 7.01. The molecule has 5 heteroatoms. The van der Waals surface area contributed by atoms with Crippen molar-refractivity contribution < 1.29 is 15.0 Å². The summed E-state index contributed by atoms with van der Waals surface area (Å²) in [4.78, 5) is 18.6. The number of imidazole rings is 1. The van der Waals surface area contributed by atoms with E-state index in [1.54, 1.807) is 36.5 Å². The van der Waals surface area contributed by atoms with Crippen LogP contribution in [0.3, 0.4) is 0 Å². The monoisotopic (exact) mass is 336 g/mol. The Morgan fingerprint density at radius 1 is 1.04 bits per heavy atom. The molecular formula is C20H20N2O3. The quantitative estimate of drug-likeness (QED) is 0.660. The van der Waals surface area contributed by atoms with Crippen molar-refractivity contribution in [2.75, 3.05) is 0 Å². The number of aromatic nitrogens is 2. The number of carboxylic acids is 1. The summed E-state index contributed by atoms with van der Waals surface area (Å²) < 4.78 is 0. The van der Waals surface area contributed by atoms with Crippen LogP contribution >= 0.6 is 0 Å². The third kappa shape index (κ3) is 3.40. The highest BCUT2D eigenvalue weighted by molar-refractivity contribution is 5.88. The fraction of sp³-hybridized carbons (Fsp3) is 0.200. The first-order chi connectivity index (χ1) is 11.8. The number of nitrogens with one attached hydrogen (secondary N) is 1. The van der Waals surface area contributed by atoms with E-state index in [0.717, 1.165) is 22.4 Å². The van der Waals surface area contributed by atoms with E-state index in [-0.39, 0.29) is 16.7 Å². The van der Waals surface area contributed by atoms with Crippen LogP contribution in [-0.4, -0.2) is 26.2 Å². The molecule has 0 amide bonds. The Morgan fingerprint density at radius 3 is 2.28 bits per heavy atom. The number of phenolic OH excluding ortho intramolecular Hbond substituents is 1. The van der Waals surface area contributed by atoms with Gasteiger partial charge in [0.1, 0.15) is 11.6 Å². The molecule has 3 aromatic rings. The molecule has 0 spiro atoms. The number of carbonyl (C=O) groups is 1. The fourth-order valence-corrected chi connectivity index (χ4v) is 2.69. The van der Waals surface area contributed by atoms with Crippen molar-refractivity contribution in [3.8, 4) is 28.4 Å². The summed E-state index contributed by atoms with van der Waals surface area (Å²) in [5, 5.41) is 19.1. The number of hydrogen-bond donors (Lipinski definition) is 3. The molecule has 0 bridgehead atoms.